The van der Waals surface area contributed by atoms with Gasteiger partial charge in [-0.2, -0.15) is 0 Å². The molecule has 0 bridgehead atoms. The number of aliphatic hydroxyl groups excluding tert-OH is 5. The van der Waals surface area contributed by atoms with Crippen LogP contribution in [0.5, 0.6) is 0 Å². The van der Waals surface area contributed by atoms with Crippen molar-refractivity contribution in [1.82, 2.24) is 5.32 Å². The fourth-order valence-corrected chi connectivity index (χ4v) is 12.2. The highest BCUT2D eigenvalue weighted by molar-refractivity contribution is 5.80. The quantitative estimate of drug-likeness (QED) is 0.0195. The van der Waals surface area contributed by atoms with Gasteiger partial charge in [-0.25, -0.2) is 0 Å². The first-order chi connectivity index (χ1) is 44.7. The molecule has 0 aromatic rings. The Hall–Kier alpha value is -2.64. The predicted octanol–water partition coefficient (Wildman–Crippen LogP) is 20.9. The molecule has 0 saturated carbocycles. The molecule has 8 unspecified atom stereocenters. The topological polar surface area (TPSA) is 175 Å². The minimum atomic E-state index is -1.61. The van der Waals surface area contributed by atoms with Gasteiger partial charge in [-0.05, 0) is 89.9 Å². The van der Waals surface area contributed by atoms with Crippen molar-refractivity contribution in [3.63, 3.8) is 0 Å². The lowest BCUT2D eigenvalue weighted by atomic mass is 9.99. The number of allylic oxidation sites excluding steroid dienone is 9. The lowest BCUT2D eigenvalue weighted by Crippen LogP contribution is -2.61. The number of esters is 1. The van der Waals surface area contributed by atoms with Gasteiger partial charge < -0.3 is 45.1 Å². The van der Waals surface area contributed by atoms with Gasteiger partial charge in [-0.3, -0.25) is 9.59 Å². The van der Waals surface area contributed by atoms with E-state index >= 15 is 0 Å². The maximum atomic E-state index is 13.5. The summed E-state index contributed by atoms with van der Waals surface area (Å²) in [5.41, 5.74) is 0. The van der Waals surface area contributed by atoms with Gasteiger partial charge in [0, 0.05) is 6.42 Å². The van der Waals surface area contributed by atoms with Crippen molar-refractivity contribution in [2.75, 3.05) is 13.2 Å². The van der Waals surface area contributed by atoms with Gasteiger partial charge in [0.05, 0.1) is 25.4 Å². The van der Waals surface area contributed by atoms with Crippen LogP contribution in [0.3, 0.4) is 0 Å². The molecule has 1 saturated heterocycles. The van der Waals surface area contributed by atoms with E-state index in [1.54, 1.807) is 6.08 Å². The number of ether oxygens (including phenoxy) is 3. The van der Waals surface area contributed by atoms with Gasteiger partial charge in [-0.15, -0.1) is 0 Å². The first-order valence-corrected chi connectivity index (χ1v) is 39.1. The molecule has 0 spiro atoms. The highest BCUT2D eigenvalue weighted by Gasteiger charge is 2.47. The number of nitrogens with one attached hydrogen (secondary N) is 1. The molecule has 0 aromatic heterocycles. The van der Waals surface area contributed by atoms with E-state index in [9.17, 15) is 35.1 Å². The molecule has 1 amide bonds. The van der Waals surface area contributed by atoms with Crippen LogP contribution in [0.2, 0.25) is 0 Å². The van der Waals surface area contributed by atoms with Gasteiger partial charge in [0.15, 0.2) is 12.4 Å². The summed E-state index contributed by atoms with van der Waals surface area (Å²) in [4.78, 5) is 26.7. The zero-order valence-electron chi connectivity index (χ0n) is 59.5. The van der Waals surface area contributed by atoms with E-state index in [0.29, 0.717) is 19.3 Å². The highest BCUT2D eigenvalue weighted by Crippen LogP contribution is 2.27. The molecule has 91 heavy (non-hydrogen) atoms. The molecule has 0 radical (unpaired) electrons. The van der Waals surface area contributed by atoms with E-state index in [-0.39, 0.29) is 13.0 Å². The molecule has 1 aliphatic rings. The maximum Gasteiger partial charge on any atom is 0.306 e. The molecule has 11 nitrogen and oxygen atoms in total. The summed E-state index contributed by atoms with van der Waals surface area (Å²) in [5, 5.41) is 57.4. The first kappa shape index (κ1) is 86.4. The number of carbonyl (C=O) groups is 2. The van der Waals surface area contributed by atoms with Crippen LogP contribution in [0.4, 0.5) is 0 Å². The molecule has 11 heteroatoms. The summed E-state index contributed by atoms with van der Waals surface area (Å²) in [6.45, 7) is 5.79. The summed E-state index contributed by atoms with van der Waals surface area (Å²) in [6.07, 6.45) is 77.1. The molecule has 1 heterocycles. The second-order valence-electron chi connectivity index (χ2n) is 27.1. The Labute approximate surface area is 560 Å². The average molecular weight is 1280 g/mol. The standard InChI is InChI=1S/C80H147NO10/c1-4-7-10-13-16-19-22-24-26-28-30-32-34-36-37-38-40-42-44-46-48-50-53-56-59-62-65-68-75(85)91-78-77(87)76(86)74(69-82)90-80(78)89-70-71(72(83)66-63-60-57-54-51-21-18-15-12-9-6-3)81-79(88)73(84)67-64-61-58-55-52-49-47-45-43-41-39-35-33-31-29-27-25-23-20-17-14-11-8-5-2/h16-17,19-20,24-27,63,66,71-74,76-78,80,82-84,86-87H,4-15,18,21-23,28-62,64-65,67-70H2,1-3H3,(H,81,88)/b19-16-,20-17-,26-24-,27-25-,66-63+. The van der Waals surface area contributed by atoms with E-state index < -0.39 is 67.4 Å². The van der Waals surface area contributed by atoms with E-state index in [1.807, 2.05) is 6.08 Å². The molecular weight excluding hydrogens is 1130 g/mol. The third kappa shape index (κ3) is 54.2. The molecule has 0 aromatic carbocycles. The van der Waals surface area contributed by atoms with Crippen LogP contribution >= 0.6 is 0 Å². The second-order valence-corrected chi connectivity index (χ2v) is 27.1. The van der Waals surface area contributed by atoms with E-state index in [2.05, 4.69) is 74.7 Å². The largest absolute Gasteiger partial charge is 0.454 e. The molecule has 0 aliphatic carbocycles. The molecule has 1 aliphatic heterocycles. The number of hydrogen-bond acceptors (Lipinski definition) is 10. The maximum absolute atomic E-state index is 13.5. The Morgan fingerprint density at radius 2 is 0.758 bits per heavy atom. The van der Waals surface area contributed by atoms with Gasteiger partial charge in [0.2, 0.25) is 5.91 Å². The summed E-state index contributed by atoms with van der Waals surface area (Å²) in [6, 6.07) is -1.02. The van der Waals surface area contributed by atoms with Crippen molar-refractivity contribution in [2.24, 2.45) is 0 Å². The molecular formula is C80H147NO10. The molecule has 6 N–H and O–H groups in total. The number of unbranched alkanes of at least 4 members (excludes halogenated alkanes) is 46. The Kier molecular flexibility index (Phi) is 63.9. The van der Waals surface area contributed by atoms with Gasteiger partial charge in [0.1, 0.15) is 24.4 Å². The Morgan fingerprint density at radius 1 is 0.429 bits per heavy atom. The van der Waals surface area contributed by atoms with Crippen molar-refractivity contribution >= 4 is 11.9 Å². The second kappa shape index (κ2) is 67.3. The minimum Gasteiger partial charge on any atom is -0.454 e. The third-order valence-electron chi connectivity index (χ3n) is 18.4. The fourth-order valence-electron chi connectivity index (χ4n) is 12.2. The molecule has 8 atom stereocenters. The van der Waals surface area contributed by atoms with E-state index in [1.165, 1.54) is 257 Å². The van der Waals surface area contributed by atoms with Crippen LogP contribution in [-0.2, 0) is 23.8 Å². The Bertz CT molecular complexity index is 1720. The summed E-state index contributed by atoms with van der Waals surface area (Å²) < 4.78 is 17.7. The van der Waals surface area contributed by atoms with Crippen LogP contribution in [0.25, 0.3) is 0 Å². The van der Waals surface area contributed by atoms with Crippen LogP contribution < -0.4 is 5.32 Å². The van der Waals surface area contributed by atoms with Crippen LogP contribution in [-0.4, -0.2) is 99.6 Å². The SMILES string of the molecule is CCCCC/C=C\C/C=C\CCCCCCCCCCCCCCCCCCCC(=O)OC1C(OCC(NC(=O)C(O)CCCCCCCCCCCCCCCC/C=C\C/C=C\CCCCC)C(O)/C=C/CCCCCCCCCCC)OC(CO)C(O)C1O. The zero-order chi connectivity index (χ0) is 66.0. The van der Waals surface area contributed by atoms with Gasteiger partial charge in [0.25, 0.3) is 0 Å². The summed E-state index contributed by atoms with van der Waals surface area (Å²) in [5.74, 6) is -1.18. The monoisotopic (exact) mass is 1280 g/mol. The normalized spacial score (nSPS) is 18.3. The molecule has 1 fully saturated rings. The highest BCUT2D eigenvalue weighted by atomic mass is 16.7. The number of aliphatic hydroxyl groups is 5. The number of carbonyl (C=O) groups excluding carboxylic acids is 2. The van der Waals surface area contributed by atoms with Crippen LogP contribution in [0.1, 0.15) is 374 Å². The van der Waals surface area contributed by atoms with Crippen LogP contribution in [0.15, 0.2) is 60.8 Å². The molecule has 1 rings (SSSR count). The molecule has 532 valence electrons. The van der Waals surface area contributed by atoms with Crippen molar-refractivity contribution in [1.29, 1.82) is 0 Å². The fraction of sp³-hybridized carbons (Fsp3) is 0.850. The minimum absolute atomic E-state index is 0.126. The smallest absolute Gasteiger partial charge is 0.306 e. The van der Waals surface area contributed by atoms with Crippen molar-refractivity contribution in [3.8, 4) is 0 Å². The van der Waals surface area contributed by atoms with Gasteiger partial charge in [-0.1, -0.05) is 338 Å². The zero-order valence-corrected chi connectivity index (χ0v) is 59.5. The average Bonchev–Trinajstić information content (AvgIpc) is 1.14. The van der Waals surface area contributed by atoms with Crippen molar-refractivity contribution in [2.45, 2.75) is 423 Å². The lowest BCUT2D eigenvalue weighted by Gasteiger charge is -2.41. The number of rotatable bonds is 68. The Morgan fingerprint density at radius 3 is 1.14 bits per heavy atom. The summed E-state index contributed by atoms with van der Waals surface area (Å²) in [7, 11) is 0. The predicted molar refractivity (Wildman–Crippen MR) is 384 cm³/mol. The van der Waals surface area contributed by atoms with Crippen molar-refractivity contribution in [3.05, 3.63) is 60.8 Å². The third-order valence-corrected chi connectivity index (χ3v) is 18.4. The van der Waals surface area contributed by atoms with E-state index in [0.717, 1.165) is 70.6 Å². The van der Waals surface area contributed by atoms with Crippen molar-refractivity contribution < 1.29 is 49.3 Å². The van der Waals surface area contributed by atoms with Crippen LogP contribution in [0, 0.1) is 0 Å². The van der Waals surface area contributed by atoms with E-state index in [4.69, 9.17) is 14.2 Å². The lowest BCUT2D eigenvalue weighted by molar-refractivity contribution is -0.305. The Balaban J connectivity index is 2.47. The number of hydrogen-bond donors (Lipinski definition) is 6. The summed E-state index contributed by atoms with van der Waals surface area (Å²) >= 11 is 0. The van der Waals surface area contributed by atoms with Gasteiger partial charge >= 0.3 is 5.97 Å². The number of amides is 1. The first-order valence-electron chi connectivity index (χ1n) is 39.1.